The molecule has 0 aromatic heterocycles. The minimum Gasteiger partial charge on any atom is -0.462 e. The van der Waals surface area contributed by atoms with E-state index < -0.39 is 0 Å². The van der Waals surface area contributed by atoms with Crippen molar-refractivity contribution >= 4 is 5.97 Å². The van der Waals surface area contributed by atoms with Gasteiger partial charge < -0.3 is 9.84 Å². The average molecular weight is 625 g/mol. The number of carbonyl (C=O) groups excluding carboxylic acids is 1. The fourth-order valence-electron chi connectivity index (χ4n) is 12.6. The summed E-state index contributed by atoms with van der Waals surface area (Å²) in [6.07, 6.45) is 24.7. The van der Waals surface area contributed by atoms with E-state index in [1.165, 1.54) is 77.0 Å². The van der Waals surface area contributed by atoms with Crippen molar-refractivity contribution in [3.8, 4) is 0 Å². The molecular weight excluding hydrogens is 552 g/mol. The summed E-state index contributed by atoms with van der Waals surface area (Å²) in [5, 5.41) is 11.9. The van der Waals surface area contributed by atoms with E-state index >= 15 is 0 Å². The van der Waals surface area contributed by atoms with E-state index in [0.717, 1.165) is 38.5 Å². The number of ether oxygens (including phenoxy) is 1. The van der Waals surface area contributed by atoms with Crippen LogP contribution in [0.1, 0.15) is 184 Å². The smallest absolute Gasteiger partial charge is 0.306 e. The van der Waals surface area contributed by atoms with Crippen molar-refractivity contribution in [3.05, 3.63) is 11.6 Å². The lowest BCUT2D eigenvalue weighted by molar-refractivity contribution is -0.220. The van der Waals surface area contributed by atoms with Gasteiger partial charge in [0.15, 0.2) is 0 Å². The number of hydrogen-bond acceptors (Lipinski definition) is 3. The van der Waals surface area contributed by atoms with Gasteiger partial charge in [-0.2, -0.15) is 0 Å². The summed E-state index contributed by atoms with van der Waals surface area (Å²) < 4.78 is 6.36. The van der Waals surface area contributed by atoms with Gasteiger partial charge in [-0.25, -0.2) is 0 Å². The molecule has 5 aliphatic carbocycles. The van der Waals surface area contributed by atoms with Crippen LogP contribution in [0.25, 0.3) is 0 Å². The van der Waals surface area contributed by atoms with Crippen LogP contribution in [0.4, 0.5) is 0 Å². The quantitative estimate of drug-likeness (QED) is 0.141. The molecule has 3 nitrogen and oxygen atoms in total. The number of aliphatic hydroxyl groups excluding tert-OH is 1. The SMILES string of the molecule is CCCCCCCCCCCC(=O)OC1CCC2(C)C(CCC3(C)C2CC=C2C4CC(C)(C)CCC4(C)C(O)CC23C)C1(C)C. The van der Waals surface area contributed by atoms with E-state index in [1.54, 1.807) is 5.57 Å². The molecule has 3 heteroatoms. The topological polar surface area (TPSA) is 46.5 Å². The average Bonchev–Trinajstić information content (AvgIpc) is 2.95. The highest BCUT2D eigenvalue weighted by Gasteiger charge is 2.69. The summed E-state index contributed by atoms with van der Waals surface area (Å²) in [6.45, 7) is 22.2. The number of carbonyl (C=O) groups is 1. The van der Waals surface area contributed by atoms with Gasteiger partial charge in [0.2, 0.25) is 0 Å². The fourth-order valence-corrected chi connectivity index (χ4v) is 12.6. The van der Waals surface area contributed by atoms with Crippen molar-refractivity contribution in [2.45, 2.75) is 197 Å². The number of allylic oxidation sites excluding steroid dienone is 2. The molecule has 9 atom stereocenters. The molecule has 0 spiro atoms. The molecule has 4 fully saturated rings. The first-order valence-electron chi connectivity index (χ1n) is 19.6. The Balaban J connectivity index is 1.25. The van der Waals surface area contributed by atoms with Crippen molar-refractivity contribution in [3.63, 3.8) is 0 Å². The van der Waals surface area contributed by atoms with Gasteiger partial charge in [0.05, 0.1) is 6.10 Å². The number of rotatable bonds is 11. The number of fused-ring (bicyclic) bond motifs is 7. The molecule has 0 aromatic carbocycles. The van der Waals surface area contributed by atoms with Crippen LogP contribution in [0.5, 0.6) is 0 Å². The van der Waals surface area contributed by atoms with E-state index in [-0.39, 0.29) is 45.3 Å². The van der Waals surface area contributed by atoms with Crippen molar-refractivity contribution in [2.75, 3.05) is 0 Å². The first kappa shape index (κ1) is 35.5. The molecule has 5 aliphatic rings. The van der Waals surface area contributed by atoms with Gasteiger partial charge >= 0.3 is 5.97 Å². The zero-order valence-electron chi connectivity index (χ0n) is 31.2. The van der Waals surface area contributed by atoms with Gasteiger partial charge in [0, 0.05) is 17.3 Å². The molecule has 258 valence electrons. The second-order valence-electron chi connectivity index (χ2n) is 19.4. The second-order valence-corrected chi connectivity index (χ2v) is 19.4. The molecule has 0 heterocycles. The monoisotopic (exact) mass is 625 g/mol. The van der Waals surface area contributed by atoms with Crippen LogP contribution in [-0.2, 0) is 9.53 Å². The molecule has 0 aliphatic heterocycles. The summed E-state index contributed by atoms with van der Waals surface area (Å²) >= 11 is 0. The first-order chi connectivity index (χ1) is 21.1. The molecule has 0 aromatic rings. The van der Waals surface area contributed by atoms with Gasteiger partial charge in [-0.05, 0) is 104 Å². The Morgan fingerprint density at radius 2 is 1.42 bits per heavy atom. The zero-order valence-corrected chi connectivity index (χ0v) is 31.2. The van der Waals surface area contributed by atoms with E-state index in [1.807, 2.05) is 0 Å². The van der Waals surface area contributed by atoms with Gasteiger partial charge in [-0.15, -0.1) is 0 Å². The van der Waals surface area contributed by atoms with E-state index in [4.69, 9.17) is 4.74 Å². The van der Waals surface area contributed by atoms with E-state index in [9.17, 15) is 9.90 Å². The Bertz CT molecular complexity index is 1090. The van der Waals surface area contributed by atoms with Gasteiger partial charge in [0.1, 0.15) is 6.10 Å². The lowest BCUT2D eigenvalue weighted by Crippen LogP contribution is -2.66. The van der Waals surface area contributed by atoms with Crippen molar-refractivity contribution in [1.82, 2.24) is 0 Å². The summed E-state index contributed by atoms with van der Waals surface area (Å²) in [4.78, 5) is 13.1. The standard InChI is InChI=1S/C42H72O3/c1-10-11-12-13-14-15-16-17-18-19-36(44)45-35-23-24-40(7)32(38(35,4)5)22-25-41(8)33(40)21-20-30-31-28-37(2,3)26-27-39(31,6)34(43)29-42(30,41)9/h20,31-35,43H,10-19,21-29H2,1-9H3. The van der Waals surface area contributed by atoms with Crippen molar-refractivity contribution in [1.29, 1.82) is 0 Å². The molecule has 0 bridgehead atoms. The van der Waals surface area contributed by atoms with E-state index in [2.05, 4.69) is 68.4 Å². The number of aliphatic hydroxyl groups is 1. The molecule has 4 saturated carbocycles. The molecular formula is C42H72O3. The molecule has 0 saturated heterocycles. The number of esters is 1. The van der Waals surface area contributed by atoms with Crippen LogP contribution >= 0.6 is 0 Å². The van der Waals surface area contributed by atoms with Crippen LogP contribution in [0.3, 0.4) is 0 Å². The van der Waals surface area contributed by atoms with Crippen LogP contribution in [0, 0.1) is 50.2 Å². The maximum Gasteiger partial charge on any atom is 0.306 e. The molecule has 0 radical (unpaired) electrons. The van der Waals surface area contributed by atoms with Crippen molar-refractivity contribution < 1.29 is 14.6 Å². The predicted octanol–water partition coefficient (Wildman–Crippen LogP) is 11.6. The Kier molecular flexibility index (Phi) is 10.2. The second kappa shape index (κ2) is 12.9. The molecule has 5 rings (SSSR count). The Morgan fingerprint density at radius 1 is 0.778 bits per heavy atom. The molecule has 9 unspecified atom stereocenters. The maximum absolute atomic E-state index is 13.1. The zero-order chi connectivity index (χ0) is 32.9. The molecule has 0 amide bonds. The third-order valence-corrected chi connectivity index (χ3v) is 15.8. The van der Waals surface area contributed by atoms with Crippen LogP contribution in [0.2, 0.25) is 0 Å². The number of hydrogen-bond donors (Lipinski definition) is 1. The molecule has 45 heavy (non-hydrogen) atoms. The van der Waals surface area contributed by atoms with Crippen molar-refractivity contribution in [2.24, 2.45) is 50.2 Å². The van der Waals surface area contributed by atoms with Gasteiger partial charge in [-0.3, -0.25) is 4.79 Å². The predicted molar refractivity (Wildman–Crippen MR) is 188 cm³/mol. The summed E-state index contributed by atoms with van der Waals surface area (Å²) in [6, 6.07) is 0. The van der Waals surface area contributed by atoms with Crippen LogP contribution in [0.15, 0.2) is 11.6 Å². The highest BCUT2D eigenvalue weighted by Crippen LogP contribution is 2.75. The maximum atomic E-state index is 13.1. The van der Waals surface area contributed by atoms with Gasteiger partial charge in [-0.1, -0.05) is 125 Å². The Hall–Kier alpha value is -0.830. The summed E-state index contributed by atoms with van der Waals surface area (Å²) in [7, 11) is 0. The fraction of sp³-hybridized carbons (Fsp3) is 0.929. The first-order valence-corrected chi connectivity index (χ1v) is 19.6. The molecule has 1 N–H and O–H groups in total. The third-order valence-electron chi connectivity index (χ3n) is 15.8. The lowest BCUT2D eigenvalue weighted by Gasteiger charge is -2.72. The van der Waals surface area contributed by atoms with Crippen LogP contribution < -0.4 is 0 Å². The minimum atomic E-state index is -0.223. The highest BCUT2D eigenvalue weighted by molar-refractivity contribution is 5.69. The summed E-state index contributed by atoms with van der Waals surface area (Å²) in [5.41, 5.74) is 2.50. The van der Waals surface area contributed by atoms with E-state index in [0.29, 0.717) is 29.6 Å². The Labute approximate surface area is 278 Å². The number of unbranched alkanes of at least 4 members (excludes halogenated alkanes) is 8. The van der Waals surface area contributed by atoms with Crippen LogP contribution in [-0.4, -0.2) is 23.3 Å². The minimum absolute atomic E-state index is 0.0172. The highest BCUT2D eigenvalue weighted by atomic mass is 16.5. The Morgan fingerprint density at radius 3 is 2.09 bits per heavy atom. The normalized spacial score (nSPS) is 43.2. The largest absolute Gasteiger partial charge is 0.462 e. The summed E-state index contributed by atoms with van der Waals surface area (Å²) in [5.74, 6) is 1.68. The lowest BCUT2D eigenvalue weighted by atomic mass is 9.33. The third kappa shape index (κ3) is 6.14. The van der Waals surface area contributed by atoms with Gasteiger partial charge in [0.25, 0.3) is 0 Å².